The van der Waals surface area contributed by atoms with Crippen LogP contribution < -0.4 is 5.32 Å². The second-order valence-electron chi connectivity index (χ2n) is 3.69. The van der Waals surface area contributed by atoms with Crippen LogP contribution in [0.4, 0.5) is 15.9 Å². The molecule has 2 aromatic rings. The zero-order valence-corrected chi connectivity index (χ0v) is 10.6. The highest BCUT2D eigenvalue weighted by Gasteiger charge is 2.20. The van der Waals surface area contributed by atoms with Crippen molar-refractivity contribution in [3.05, 3.63) is 63.0 Å². The van der Waals surface area contributed by atoms with Gasteiger partial charge in [0.1, 0.15) is 11.0 Å². The van der Waals surface area contributed by atoms with Crippen molar-refractivity contribution in [2.24, 2.45) is 0 Å². The molecule has 6 nitrogen and oxygen atoms in total. The Kier molecular flexibility index (Phi) is 3.90. The first kappa shape index (κ1) is 13.9. The lowest BCUT2D eigenvalue weighted by atomic mass is 10.2. The van der Waals surface area contributed by atoms with Crippen molar-refractivity contribution in [1.82, 2.24) is 4.98 Å². The quantitative estimate of drug-likeness (QED) is 0.536. The molecule has 1 N–H and O–H groups in total. The van der Waals surface area contributed by atoms with E-state index < -0.39 is 22.3 Å². The van der Waals surface area contributed by atoms with E-state index >= 15 is 0 Å². The van der Waals surface area contributed by atoms with Crippen LogP contribution in [0.15, 0.2) is 36.4 Å². The minimum Gasteiger partial charge on any atom is -0.301 e. The predicted octanol–water partition coefficient (Wildman–Crippen LogP) is 3.03. The van der Waals surface area contributed by atoms with Crippen LogP contribution in [0.3, 0.4) is 0 Å². The average Bonchev–Trinajstić information content (AvgIpc) is 2.38. The van der Waals surface area contributed by atoms with E-state index in [-0.39, 0.29) is 16.5 Å². The maximum absolute atomic E-state index is 13.4. The van der Waals surface area contributed by atoms with Gasteiger partial charge in [0, 0.05) is 6.07 Å². The molecule has 0 unspecified atom stereocenters. The Morgan fingerprint density at radius 2 is 2.00 bits per heavy atom. The molecule has 1 aromatic carbocycles. The van der Waals surface area contributed by atoms with E-state index in [0.717, 1.165) is 12.1 Å². The molecule has 0 aliphatic heterocycles. The highest BCUT2D eigenvalue weighted by Crippen LogP contribution is 2.24. The van der Waals surface area contributed by atoms with E-state index in [1.54, 1.807) is 0 Å². The van der Waals surface area contributed by atoms with Crippen molar-refractivity contribution in [3.63, 3.8) is 0 Å². The summed E-state index contributed by atoms with van der Waals surface area (Å²) in [5.41, 5.74) is -0.678. The molecular formula is C12H7ClFN3O3. The van der Waals surface area contributed by atoms with Crippen LogP contribution in [-0.4, -0.2) is 15.8 Å². The van der Waals surface area contributed by atoms with Gasteiger partial charge < -0.3 is 5.32 Å². The van der Waals surface area contributed by atoms with Gasteiger partial charge in [-0.2, -0.15) is 0 Å². The van der Waals surface area contributed by atoms with Crippen molar-refractivity contribution in [3.8, 4) is 0 Å². The number of aromatic nitrogens is 1. The highest BCUT2D eigenvalue weighted by atomic mass is 35.5. The summed E-state index contributed by atoms with van der Waals surface area (Å²) in [6.07, 6.45) is 0. The molecule has 2 rings (SSSR count). The number of benzene rings is 1. The van der Waals surface area contributed by atoms with Crippen LogP contribution >= 0.6 is 11.6 Å². The fourth-order valence-corrected chi connectivity index (χ4v) is 1.64. The van der Waals surface area contributed by atoms with E-state index in [9.17, 15) is 19.3 Å². The molecule has 8 heteroatoms. The monoisotopic (exact) mass is 295 g/mol. The summed E-state index contributed by atoms with van der Waals surface area (Å²) < 4.78 is 13.4. The number of nitrogens with one attached hydrogen (secondary N) is 1. The molecule has 0 saturated heterocycles. The topological polar surface area (TPSA) is 85.1 Å². The molecule has 0 fully saturated rings. The van der Waals surface area contributed by atoms with Crippen molar-refractivity contribution < 1.29 is 14.1 Å². The molecule has 1 aromatic heterocycles. The SMILES string of the molecule is O=C(Nc1nc(Cl)ccc1[N+](=O)[O-])c1ccccc1F. The average molecular weight is 296 g/mol. The molecular weight excluding hydrogens is 289 g/mol. The summed E-state index contributed by atoms with van der Waals surface area (Å²) in [4.78, 5) is 25.6. The van der Waals surface area contributed by atoms with E-state index in [2.05, 4.69) is 10.3 Å². The highest BCUT2D eigenvalue weighted by molar-refractivity contribution is 6.29. The molecule has 0 bridgehead atoms. The zero-order valence-electron chi connectivity index (χ0n) is 9.84. The van der Waals surface area contributed by atoms with Gasteiger partial charge >= 0.3 is 5.69 Å². The first-order valence-corrected chi connectivity index (χ1v) is 5.73. The van der Waals surface area contributed by atoms with Crippen LogP contribution in [0.5, 0.6) is 0 Å². The van der Waals surface area contributed by atoms with Gasteiger partial charge in [0.05, 0.1) is 10.5 Å². The van der Waals surface area contributed by atoms with Crippen LogP contribution in [0, 0.1) is 15.9 Å². The fraction of sp³-hybridized carbons (Fsp3) is 0. The van der Waals surface area contributed by atoms with Crippen molar-refractivity contribution in [2.45, 2.75) is 0 Å². The van der Waals surface area contributed by atoms with Gasteiger partial charge in [0.15, 0.2) is 0 Å². The van der Waals surface area contributed by atoms with Crippen molar-refractivity contribution >= 4 is 29.0 Å². The lowest BCUT2D eigenvalue weighted by molar-refractivity contribution is -0.384. The number of hydrogen-bond donors (Lipinski definition) is 1. The van der Waals surface area contributed by atoms with Gasteiger partial charge in [0.2, 0.25) is 5.82 Å². The van der Waals surface area contributed by atoms with Crippen LogP contribution in [0.25, 0.3) is 0 Å². The van der Waals surface area contributed by atoms with E-state index in [4.69, 9.17) is 11.6 Å². The van der Waals surface area contributed by atoms with E-state index in [1.807, 2.05) is 0 Å². The molecule has 0 aliphatic rings. The number of amides is 1. The maximum atomic E-state index is 13.4. The summed E-state index contributed by atoms with van der Waals surface area (Å²) in [5.74, 6) is -1.92. The summed E-state index contributed by atoms with van der Waals surface area (Å²) in [6, 6.07) is 7.57. The minimum atomic E-state index is -0.846. The van der Waals surface area contributed by atoms with E-state index in [0.29, 0.717) is 0 Å². The molecule has 0 atom stereocenters. The smallest absolute Gasteiger partial charge is 0.301 e. The van der Waals surface area contributed by atoms with Crippen LogP contribution in [0.1, 0.15) is 10.4 Å². The third-order valence-electron chi connectivity index (χ3n) is 2.39. The van der Waals surface area contributed by atoms with Gasteiger partial charge in [-0.1, -0.05) is 23.7 Å². The number of carbonyl (C=O) groups excluding carboxylic acids is 1. The molecule has 0 radical (unpaired) electrons. The lowest BCUT2D eigenvalue weighted by Crippen LogP contribution is -2.15. The summed E-state index contributed by atoms with van der Waals surface area (Å²) >= 11 is 5.62. The first-order valence-electron chi connectivity index (χ1n) is 5.36. The Bertz CT molecular complexity index is 693. The number of nitrogens with zero attached hydrogens (tertiary/aromatic N) is 2. The molecule has 20 heavy (non-hydrogen) atoms. The summed E-state index contributed by atoms with van der Waals surface area (Å²) in [6.45, 7) is 0. The maximum Gasteiger partial charge on any atom is 0.311 e. The minimum absolute atomic E-state index is 0.0283. The molecule has 0 spiro atoms. The Balaban J connectivity index is 2.35. The number of halogens is 2. The van der Waals surface area contributed by atoms with Gasteiger partial charge in [-0.25, -0.2) is 9.37 Å². The van der Waals surface area contributed by atoms with Gasteiger partial charge in [-0.05, 0) is 18.2 Å². The standard InChI is InChI=1S/C12H7ClFN3O3/c13-10-6-5-9(17(19)20)11(15-10)16-12(18)7-3-1-2-4-8(7)14/h1-6H,(H,15,16,18). The van der Waals surface area contributed by atoms with Crippen LogP contribution in [-0.2, 0) is 0 Å². The number of pyridine rings is 1. The van der Waals surface area contributed by atoms with Gasteiger partial charge in [-0.15, -0.1) is 0 Å². The normalized spacial score (nSPS) is 10.1. The molecule has 0 aliphatic carbocycles. The largest absolute Gasteiger partial charge is 0.311 e. The number of anilines is 1. The number of rotatable bonds is 3. The number of carbonyl (C=O) groups is 1. The second kappa shape index (κ2) is 5.62. The van der Waals surface area contributed by atoms with Gasteiger partial charge in [-0.3, -0.25) is 14.9 Å². The number of hydrogen-bond acceptors (Lipinski definition) is 4. The second-order valence-corrected chi connectivity index (χ2v) is 4.08. The molecule has 0 saturated carbocycles. The van der Waals surface area contributed by atoms with E-state index in [1.165, 1.54) is 24.3 Å². The predicted molar refractivity (Wildman–Crippen MR) is 70.3 cm³/mol. The van der Waals surface area contributed by atoms with Crippen LogP contribution in [0.2, 0.25) is 5.15 Å². The molecule has 1 heterocycles. The molecule has 1 amide bonds. The summed E-state index contributed by atoms with van der Waals surface area (Å²) in [5, 5.41) is 13.0. The Morgan fingerprint density at radius 1 is 1.30 bits per heavy atom. The Morgan fingerprint density at radius 3 is 2.65 bits per heavy atom. The number of nitro groups is 1. The first-order chi connectivity index (χ1) is 9.49. The molecule has 102 valence electrons. The zero-order chi connectivity index (χ0) is 14.7. The summed E-state index contributed by atoms with van der Waals surface area (Å²) in [7, 11) is 0. The fourth-order valence-electron chi connectivity index (χ4n) is 1.49. The van der Waals surface area contributed by atoms with Gasteiger partial charge in [0.25, 0.3) is 5.91 Å². The third-order valence-corrected chi connectivity index (χ3v) is 2.60. The lowest BCUT2D eigenvalue weighted by Gasteiger charge is -2.06. The van der Waals surface area contributed by atoms with Crippen molar-refractivity contribution in [1.29, 1.82) is 0 Å². The Hall–Kier alpha value is -2.54. The van der Waals surface area contributed by atoms with Crippen molar-refractivity contribution in [2.75, 3.05) is 5.32 Å². The third kappa shape index (κ3) is 2.89. The Labute approximate surface area is 117 Å².